The molecular weight excluding hydrogens is 244 g/mol. The van der Waals surface area contributed by atoms with Gasteiger partial charge in [-0.05, 0) is 25.1 Å². The number of benzene rings is 1. The molecule has 0 aliphatic heterocycles. The lowest BCUT2D eigenvalue weighted by atomic mass is 9.95. The van der Waals surface area contributed by atoms with Crippen molar-refractivity contribution >= 4 is 5.91 Å². The molecule has 19 heavy (non-hydrogen) atoms. The van der Waals surface area contributed by atoms with Crippen molar-refractivity contribution in [2.75, 3.05) is 20.8 Å². The van der Waals surface area contributed by atoms with E-state index in [9.17, 15) is 10.1 Å². The number of rotatable bonds is 6. The number of methoxy groups -OCH3 is 2. The zero-order valence-electron chi connectivity index (χ0n) is 11.4. The van der Waals surface area contributed by atoms with Crippen molar-refractivity contribution in [1.82, 2.24) is 5.32 Å². The number of nitriles is 1. The van der Waals surface area contributed by atoms with Crippen molar-refractivity contribution in [3.8, 4) is 17.6 Å². The molecule has 1 aromatic carbocycles. The number of nitrogens with one attached hydrogen (secondary N) is 1. The molecule has 0 saturated carbocycles. The van der Waals surface area contributed by atoms with E-state index < -0.39 is 5.92 Å². The van der Waals surface area contributed by atoms with Gasteiger partial charge in [-0.1, -0.05) is 0 Å². The molecule has 1 unspecified atom stereocenters. The Balaban J connectivity index is 3.02. The maximum Gasteiger partial charge on any atom is 0.221 e. The highest BCUT2D eigenvalue weighted by Gasteiger charge is 2.19. The van der Waals surface area contributed by atoms with Crippen LogP contribution in [0.15, 0.2) is 18.2 Å². The highest BCUT2D eigenvalue weighted by molar-refractivity contribution is 5.77. The van der Waals surface area contributed by atoms with Crippen LogP contribution in [0.25, 0.3) is 0 Å². The summed E-state index contributed by atoms with van der Waals surface area (Å²) >= 11 is 0. The summed E-state index contributed by atoms with van der Waals surface area (Å²) in [6.45, 7) is 2.39. The Hall–Kier alpha value is -2.22. The quantitative estimate of drug-likeness (QED) is 0.849. The molecule has 1 N–H and O–H groups in total. The van der Waals surface area contributed by atoms with Crippen LogP contribution in [-0.2, 0) is 4.79 Å². The number of hydrogen-bond acceptors (Lipinski definition) is 4. The molecule has 0 heterocycles. The molecule has 0 fully saturated rings. The summed E-state index contributed by atoms with van der Waals surface area (Å²) in [6.07, 6.45) is 0.105. The average Bonchev–Trinajstić information content (AvgIpc) is 2.44. The van der Waals surface area contributed by atoms with Gasteiger partial charge >= 0.3 is 0 Å². The van der Waals surface area contributed by atoms with Crippen LogP contribution in [0.5, 0.6) is 11.5 Å². The fourth-order valence-electron chi connectivity index (χ4n) is 1.79. The van der Waals surface area contributed by atoms with Crippen LogP contribution in [0.1, 0.15) is 24.8 Å². The molecule has 0 aliphatic carbocycles. The first-order chi connectivity index (χ1) is 9.15. The van der Waals surface area contributed by atoms with Crippen molar-refractivity contribution in [2.24, 2.45) is 0 Å². The minimum absolute atomic E-state index is 0.105. The standard InChI is InChI=1S/C14H18N2O3/c1-4-16-14(17)7-10(9-15)12-8-11(18-2)5-6-13(12)19-3/h5-6,8,10H,4,7H2,1-3H3,(H,16,17). The summed E-state index contributed by atoms with van der Waals surface area (Å²) < 4.78 is 10.4. The second-order valence-corrected chi connectivity index (χ2v) is 3.95. The van der Waals surface area contributed by atoms with E-state index in [1.54, 1.807) is 25.3 Å². The molecular formula is C14H18N2O3. The zero-order chi connectivity index (χ0) is 14.3. The summed E-state index contributed by atoms with van der Waals surface area (Å²) in [5.41, 5.74) is 0.663. The Morgan fingerprint density at radius 1 is 1.42 bits per heavy atom. The predicted octanol–water partition coefficient (Wildman–Crippen LogP) is 1.84. The largest absolute Gasteiger partial charge is 0.497 e. The van der Waals surface area contributed by atoms with E-state index in [1.807, 2.05) is 6.92 Å². The van der Waals surface area contributed by atoms with E-state index >= 15 is 0 Å². The van der Waals surface area contributed by atoms with E-state index in [0.717, 1.165) is 0 Å². The molecule has 0 spiro atoms. The van der Waals surface area contributed by atoms with Crippen LogP contribution in [0, 0.1) is 11.3 Å². The van der Waals surface area contributed by atoms with Gasteiger partial charge in [0.1, 0.15) is 11.5 Å². The molecule has 0 saturated heterocycles. The van der Waals surface area contributed by atoms with Crippen molar-refractivity contribution in [3.05, 3.63) is 23.8 Å². The maximum atomic E-state index is 11.6. The summed E-state index contributed by atoms with van der Waals surface area (Å²) in [7, 11) is 3.09. The van der Waals surface area contributed by atoms with Crippen molar-refractivity contribution in [1.29, 1.82) is 5.26 Å². The van der Waals surface area contributed by atoms with Gasteiger partial charge < -0.3 is 14.8 Å². The van der Waals surface area contributed by atoms with Gasteiger partial charge in [0.15, 0.2) is 0 Å². The lowest BCUT2D eigenvalue weighted by molar-refractivity contribution is -0.121. The Morgan fingerprint density at radius 2 is 2.16 bits per heavy atom. The molecule has 1 aromatic rings. The number of nitrogens with zero attached hydrogens (tertiary/aromatic N) is 1. The van der Waals surface area contributed by atoms with Gasteiger partial charge in [0.25, 0.3) is 0 Å². The third-order valence-electron chi connectivity index (χ3n) is 2.73. The normalized spacial score (nSPS) is 11.3. The second kappa shape index (κ2) is 7.27. The maximum absolute atomic E-state index is 11.6. The number of amides is 1. The van der Waals surface area contributed by atoms with Gasteiger partial charge in [-0.15, -0.1) is 0 Å². The molecule has 1 atom stereocenters. The van der Waals surface area contributed by atoms with E-state index in [1.165, 1.54) is 7.11 Å². The molecule has 0 bridgehead atoms. The molecule has 102 valence electrons. The van der Waals surface area contributed by atoms with Gasteiger partial charge in [0.05, 0.1) is 26.2 Å². The van der Waals surface area contributed by atoms with Crippen molar-refractivity contribution in [3.63, 3.8) is 0 Å². The molecule has 0 aromatic heterocycles. The molecule has 5 heteroatoms. The van der Waals surface area contributed by atoms with Gasteiger partial charge in [-0.25, -0.2) is 0 Å². The Bertz CT molecular complexity index is 480. The second-order valence-electron chi connectivity index (χ2n) is 3.95. The molecule has 0 radical (unpaired) electrons. The van der Waals surface area contributed by atoms with Gasteiger partial charge in [-0.2, -0.15) is 5.26 Å². The first-order valence-corrected chi connectivity index (χ1v) is 6.04. The fraction of sp³-hybridized carbons (Fsp3) is 0.429. The lowest BCUT2D eigenvalue weighted by Gasteiger charge is -2.14. The number of carbonyl (C=O) groups excluding carboxylic acids is 1. The first-order valence-electron chi connectivity index (χ1n) is 6.04. The fourth-order valence-corrected chi connectivity index (χ4v) is 1.79. The van der Waals surface area contributed by atoms with Crippen LogP contribution in [-0.4, -0.2) is 26.7 Å². The SMILES string of the molecule is CCNC(=O)CC(C#N)c1cc(OC)ccc1OC. The summed E-state index contributed by atoms with van der Waals surface area (Å²) in [5, 5.41) is 11.9. The van der Waals surface area contributed by atoms with Crippen LogP contribution in [0.2, 0.25) is 0 Å². The highest BCUT2D eigenvalue weighted by Crippen LogP contribution is 2.32. The van der Waals surface area contributed by atoms with Gasteiger partial charge in [-0.3, -0.25) is 4.79 Å². The van der Waals surface area contributed by atoms with Gasteiger partial charge in [0.2, 0.25) is 5.91 Å². The summed E-state index contributed by atoms with van der Waals surface area (Å²) in [6, 6.07) is 7.35. The predicted molar refractivity (Wildman–Crippen MR) is 71.2 cm³/mol. The van der Waals surface area contributed by atoms with E-state index in [2.05, 4.69) is 11.4 Å². The smallest absolute Gasteiger partial charge is 0.221 e. The van der Waals surface area contributed by atoms with Crippen LogP contribution in [0.3, 0.4) is 0 Å². The van der Waals surface area contributed by atoms with E-state index in [4.69, 9.17) is 9.47 Å². The molecule has 1 rings (SSSR count). The number of carbonyl (C=O) groups is 1. The topological polar surface area (TPSA) is 71.4 Å². The highest BCUT2D eigenvalue weighted by atomic mass is 16.5. The number of hydrogen-bond donors (Lipinski definition) is 1. The monoisotopic (exact) mass is 262 g/mol. The van der Waals surface area contributed by atoms with Gasteiger partial charge in [0, 0.05) is 18.5 Å². The van der Waals surface area contributed by atoms with E-state index in [0.29, 0.717) is 23.6 Å². The lowest BCUT2D eigenvalue weighted by Crippen LogP contribution is -2.24. The molecule has 5 nitrogen and oxygen atoms in total. The van der Waals surface area contributed by atoms with Crippen LogP contribution in [0.4, 0.5) is 0 Å². The Morgan fingerprint density at radius 3 is 2.68 bits per heavy atom. The average molecular weight is 262 g/mol. The van der Waals surface area contributed by atoms with Crippen LogP contribution < -0.4 is 14.8 Å². The summed E-state index contributed by atoms with van der Waals surface area (Å²) in [5.74, 6) is 0.499. The molecule has 0 aliphatic rings. The molecule has 1 amide bonds. The summed E-state index contributed by atoms with van der Waals surface area (Å²) in [4.78, 5) is 11.6. The minimum atomic E-state index is -0.559. The van der Waals surface area contributed by atoms with Crippen LogP contribution >= 0.6 is 0 Å². The van der Waals surface area contributed by atoms with Crippen molar-refractivity contribution in [2.45, 2.75) is 19.3 Å². The number of ether oxygens (including phenoxy) is 2. The zero-order valence-corrected chi connectivity index (χ0v) is 11.4. The van der Waals surface area contributed by atoms with Crippen molar-refractivity contribution < 1.29 is 14.3 Å². The minimum Gasteiger partial charge on any atom is -0.497 e. The first kappa shape index (κ1) is 14.8. The Kier molecular flexibility index (Phi) is 5.68. The third-order valence-corrected chi connectivity index (χ3v) is 2.73. The third kappa shape index (κ3) is 3.88. The Labute approximate surface area is 113 Å². The van der Waals surface area contributed by atoms with E-state index in [-0.39, 0.29) is 12.3 Å².